The number of carbonyl (C=O) groups is 4. The molecule has 1 aromatic heterocycles. The zero-order valence-corrected chi connectivity index (χ0v) is 41.1. The Bertz CT molecular complexity index is 2400. The molecule has 2 amide bonds. The van der Waals surface area contributed by atoms with Gasteiger partial charge in [-0.25, -0.2) is 14.5 Å². The van der Waals surface area contributed by atoms with Gasteiger partial charge in [0.1, 0.15) is 34.8 Å². The first kappa shape index (κ1) is 49.5. The highest BCUT2D eigenvalue weighted by atomic mass is 35.5. The van der Waals surface area contributed by atoms with Gasteiger partial charge in [-0.3, -0.25) is 14.6 Å². The number of esters is 1. The maximum absolute atomic E-state index is 14.3. The first-order chi connectivity index (χ1) is 31.8. The van der Waals surface area contributed by atoms with Crippen molar-refractivity contribution in [3.8, 4) is 11.5 Å². The summed E-state index contributed by atoms with van der Waals surface area (Å²) < 4.78 is 24.5. The molecule has 358 valence electrons. The second kappa shape index (κ2) is 20.8. The molecule has 1 fully saturated rings. The quantitative estimate of drug-likeness (QED) is 0.108. The molecule has 4 aromatic rings. The van der Waals surface area contributed by atoms with Crippen LogP contribution < -0.4 is 14.8 Å². The lowest BCUT2D eigenvalue weighted by Crippen LogP contribution is -2.55. The van der Waals surface area contributed by atoms with Gasteiger partial charge in [-0.1, -0.05) is 61.0 Å². The number of hydrogen-bond donors (Lipinski definition) is 1. The summed E-state index contributed by atoms with van der Waals surface area (Å²) >= 11 is 6.44. The molecular formula is C55H68ClN3O8. The summed E-state index contributed by atoms with van der Waals surface area (Å²) in [5, 5.41) is 4.18. The maximum Gasteiger partial charge on any atom is 0.417 e. The zero-order valence-electron chi connectivity index (χ0n) is 40.4. The molecule has 0 radical (unpaired) electrons. The van der Waals surface area contributed by atoms with E-state index in [0.29, 0.717) is 43.1 Å². The number of Topliss-reactive ketones (excluding diaryl/α,β-unsaturated/α-hetero) is 1. The minimum Gasteiger partial charge on any atom is -0.493 e. The lowest BCUT2D eigenvalue weighted by molar-refractivity contribution is -0.162. The SMILES string of the molecule is C[C@@H](COc1ccnc2c1CCCC2)CC1Cc2ccc(OCC(=O)CCN(C(=O)Cc3ccccc3)C(=O)OC(C)(C)C)cc2C12CCC(Nc1cccc(Cl)c1)(C(=O)OC(C)(C)C)CC2. The summed E-state index contributed by atoms with van der Waals surface area (Å²) in [7, 11) is 0. The van der Waals surface area contributed by atoms with E-state index in [1.54, 1.807) is 20.8 Å². The van der Waals surface area contributed by atoms with Crippen molar-refractivity contribution in [3.05, 3.63) is 118 Å². The number of carbonyl (C=O) groups excluding carboxylic acids is 4. The number of hydrogen-bond acceptors (Lipinski definition) is 10. The third-order valence-electron chi connectivity index (χ3n) is 13.4. The second-order valence-corrected chi connectivity index (χ2v) is 21.4. The van der Waals surface area contributed by atoms with Gasteiger partial charge in [-0.15, -0.1) is 0 Å². The van der Waals surface area contributed by atoms with E-state index in [1.807, 2.05) is 93.7 Å². The number of nitrogens with zero attached hydrogens (tertiary/aromatic N) is 2. The summed E-state index contributed by atoms with van der Waals surface area (Å²) in [6, 6.07) is 24.8. The van der Waals surface area contributed by atoms with Gasteiger partial charge < -0.3 is 24.3 Å². The van der Waals surface area contributed by atoms with Gasteiger partial charge in [0.15, 0.2) is 5.78 Å². The van der Waals surface area contributed by atoms with Crippen LogP contribution in [0.3, 0.4) is 0 Å². The average Bonchev–Trinajstić information content (AvgIpc) is 3.55. The molecule has 0 aliphatic heterocycles. The third kappa shape index (κ3) is 12.6. The molecule has 1 spiro atoms. The molecule has 7 rings (SSSR count). The number of halogens is 1. The molecule has 0 bridgehead atoms. The minimum absolute atomic E-state index is 0.00345. The molecule has 1 N–H and O–H groups in total. The Morgan fingerprint density at radius 2 is 1.58 bits per heavy atom. The molecule has 67 heavy (non-hydrogen) atoms. The Hall–Kier alpha value is -5.42. The number of ether oxygens (including phenoxy) is 4. The number of aromatic nitrogens is 1. The molecule has 11 nitrogen and oxygen atoms in total. The predicted octanol–water partition coefficient (Wildman–Crippen LogP) is 11.2. The van der Waals surface area contributed by atoms with E-state index < -0.39 is 28.7 Å². The standard InChI is InChI=1S/C55H68ClN3O8/c1-37(35-65-48-22-28-57-47-19-12-11-18-45(47)48)30-40-32-39-20-21-44(64-36-43(60)23-29-59(51(63)67-53(5,6)7)49(61)31-38-14-9-8-10-15-38)34-46(39)54(40)24-26-55(27-25-54,50(62)66-52(2,3)4)58-42-17-13-16-41(56)33-42/h8-10,13-17,20-22,28,33-34,37,40,58H,11-12,18-19,23-27,29-32,35-36H2,1-7H3/t37-,40?,54?,55?/m1/s1. The normalized spacial score (nSPS) is 20.5. The van der Waals surface area contributed by atoms with Crippen LogP contribution in [0.4, 0.5) is 10.5 Å². The third-order valence-corrected chi connectivity index (χ3v) is 13.6. The van der Waals surface area contributed by atoms with Crippen molar-refractivity contribution in [1.29, 1.82) is 0 Å². The Morgan fingerprint density at radius 3 is 2.30 bits per heavy atom. The predicted molar refractivity (Wildman–Crippen MR) is 261 cm³/mol. The summed E-state index contributed by atoms with van der Waals surface area (Å²) in [6.07, 6.45) is 9.52. The number of aryl methyl sites for hydroxylation is 1. The number of rotatable bonds is 16. The minimum atomic E-state index is -0.984. The Morgan fingerprint density at radius 1 is 0.851 bits per heavy atom. The Kier molecular flexibility index (Phi) is 15.4. The number of nitrogens with one attached hydrogen (secondary N) is 1. The monoisotopic (exact) mass is 933 g/mol. The van der Waals surface area contributed by atoms with Crippen LogP contribution in [0.25, 0.3) is 0 Å². The van der Waals surface area contributed by atoms with Crippen molar-refractivity contribution in [2.24, 2.45) is 11.8 Å². The van der Waals surface area contributed by atoms with Crippen LogP contribution in [0.15, 0.2) is 85.1 Å². The van der Waals surface area contributed by atoms with Crippen molar-refractivity contribution in [3.63, 3.8) is 0 Å². The van der Waals surface area contributed by atoms with E-state index in [4.69, 9.17) is 30.5 Å². The highest BCUT2D eigenvalue weighted by molar-refractivity contribution is 6.30. The maximum atomic E-state index is 14.3. The summed E-state index contributed by atoms with van der Waals surface area (Å²) in [4.78, 5) is 60.1. The largest absolute Gasteiger partial charge is 0.493 e. The van der Waals surface area contributed by atoms with Gasteiger partial charge in [0.05, 0.1) is 13.0 Å². The number of pyridine rings is 1. The summed E-state index contributed by atoms with van der Waals surface area (Å²) in [6.45, 7) is 13.4. The number of imide groups is 1. The highest BCUT2D eigenvalue weighted by Gasteiger charge is 2.55. The molecule has 3 aromatic carbocycles. The molecule has 1 saturated carbocycles. The lowest BCUT2D eigenvalue weighted by Gasteiger charge is -2.48. The van der Waals surface area contributed by atoms with Crippen LogP contribution in [0.2, 0.25) is 5.02 Å². The van der Waals surface area contributed by atoms with Crippen molar-refractivity contribution in [2.45, 2.75) is 148 Å². The summed E-state index contributed by atoms with van der Waals surface area (Å²) in [5.41, 5.74) is 3.54. The lowest BCUT2D eigenvalue weighted by atomic mass is 9.59. The van der Waals surface area contributed by atoms with Gasteiger partial charge in [0.25, 0.3) is 0 Å². The van der Waals surface area contributed by atoms with Crippen LogP contribution in [-0.2, 0) is 55.0 Å². The molecular weight excluding hydrogens is 866 g/mol. The van der Waals surface area contributed by atoms with Crippen molar-refractivity contribution < 1.29 is 38.1 Å². The highest BCUT2D eigenvalue weighted by Crippen LogP contribution is 2.57. The van der Waals surface area contributed by atoms with Gasteiger partial charge in [-0.2, -0.15) is 0 Å². The van der Waals surface area contributed by atoms with Gasteiger partial charge in [-0.05, 0) is 176 Å². The van der Waals surface area contributed by atoms with E-state index in [2.05, 4.69) is 29.4 Å². The first-order valence-electron chi connectivity index (χ1n) is 24.0. The molecule has 1 heterocycles. The van der Waals surface area contributed by atoms with Crippen molar-refractivity contribution >= 4 is 41.0 Å². The number of fused-ring (bicyclic) bond motifs is 3. The molecule has 1 unspecified atom stereocenters. The first-order valence-corrected chi connectivity index (χ1v) is 24.4. The number of ketones is 1. The number of benzene rings is 3. The van der Waals surface area contributed by atoms with E-state index in [-0.39, 0.29) is 55.0 Å². The van der Waals surface area contributed by atoms with Gasteiger partial charge >= 0.3 is 12.1 Å². The average molecular weight is 935 g/mol. The topological polar surface area (TPSA) is 133 Å². The molecule has 2 atom stereocenters. The Balaban J connectivity index is 1.10. The van der Waals surface area contributed by atoms with Crippen LogP contribution >= 0.6 is 11.6 Å². The fourth-order valence-electron chi connectivity index (χ4n) is 10.2. The Labute approximate surface area is 401 Å². The van der Waals surface area contributed by atoms with Crippen molar-refractivity contribution in [1.82, 2.24) is 9.88 Å². The van der Waals surface area contributed by atoms with E-state index in [1.165, 1.54) is 16.7 Å². The molecule has 3 aliphatic rings. The summed E-state index contributed by atoms with van der Waals surface area (Å²) in [5.74, 6) is 1.01. The van der Waals surface area contributed by atoms with Gasteiger partial charge in [0.2, 0.25) is 5.91 Å². The van der Waals surface area contributed by atoms with Crippen LogP contribution in [0.5, 0.6) is 11.5 Å². The van der Waals surface area contributed by atoms with E-state index in [9.17, 15) is 19.2 Å². The number of anilines is 1. The van der Waals surface area contributed by atoms with Crippen LogP contribution in [0.1, 0.15) is 128 Å². The molecule has 0 saturated heterocycles. The van der Waals surface area contributed by atoms with Crippen LogP contribution in [-0.4, -0.2) is 70.1 Å². The van der Waals surface area contributed by atoms with Gasteiger partial charge in [0, 0.05) is 41.1 Å². The van der Waals surface area contributed by atoms with Crippen LogP contribution in [0, 0.1) is 11.8 Å². The van der Waals surface area contributed by atoms with Crippen molar-refractivity contribution in [2.75, 3.05) is 25.1 Å². The fourth-order valence-corrected chi connectivity index (χ4v) is 10.4. The number of amides is 2. The second-order valence-electron chi connectivity index (χ2n) is 21.0. The zero-order chi connectivity index (χ0) is 48.0. The smallest absolute Gasteiger partial charge is 0.417 e. The fraction of sp³-hybridized carbons (Fsp3) is 0.509. The molecule has 12 heteroatoms. The molecule has 3 aliphatic carbocycles. The van der Waals surface area contributed by atoms with E-state index >= 15 is 0 Å². The van der Waals surface area contributed by atoms with E-state index in [0.717, 1.165) is 66.1 Å².